The average Bonchev–Trinajstić information content (AvgIpc) is 2.14. The third kappa shape index (κ3) is 10.6. The molecule has 0 heterocycles. The molecule has 6 heteroatoms. The van der Waals surface area contributed by atoms with Gasteiger partial charge in [0.05, 0.1) is 13.2 Å². The number of nitrogens with zero attached hydrogens (tertiary/aromatic N) is 1. The fraction of sp³-hybridized carbons (Fsp3) is 0.889. The summed E-state index contributed by atoms with van der Waals surface area (Å²) in [6.07, 6.45) is 2.07. The van der Waals surface area contributed by atoms with E-state index < -0.39 is 0 Å². The summed E-state index contributed by atoms with van der Waals surface area (Å²) in [6.45, 7) is 5.51. The van der Waals surface area contributed by atoms with Crippen LogP contribution in [-0.2, 0) is 4.74 Å². The third-order valence-corrected chi connectivity index (χ3v) is 2.69. The molecule has 0 aromatic carbocycles. The van der Waals surface area contributed by atoms with Crippen LogP contribution < -0.4 is 11.1 Å². The number of nitrogens with one attached hydrogen (secondary N) is 1. The number of hydrogen-bond donors (Lipinski definition) is 2. The highest BCUT2D eigenvalue weighted by Crippen LogP contribution is 2.04. The van der Waals surface area contributed by atoms with Crippen LogP contribution >= 0.6 is 35.7 Å². The summed E-state index contributed by atoms with van der Waals surface area (Å²) in [5, 5.41) is 3.56. The van der Waals surface area contributed by atoms with Gasteiger partial charge in [-0.2, -0.15) is 11.8 Å². The lowest BCUT2D eigenvalue weighted by atomic mass is 10.4. The number of methoxy groups -OCH3 is 1. The molecule has 0 spiro atoms. The fourth-order valence-corrected chi connectivity index (χ4v) is 1.11. The molecule has 0 radical (unpaired) electrons. The molecule has 3 N–H and O–H groups in total. The lowest BCUT2D eigenvalue weighted by Gasteiger charge is -2.13. The smallest absolute Gasteiger partial charge is 0.188 e. The Hall–Kier alpha value is 0.310. The fourth-order valence-electron chi connectivity index (χ4n) is 0.891. The maximum atomic E-state index is 5.68. The zero-order chi connectivity index (χ0) is 11.0. The number of thioether (sulfide) groups is 1. The first-order chi connectivity index (χ1) is 6.60. The van der Waals surface area contributed by atoms with E-state index in [1.54, 1.807) is 18.9 Å². The van der Waals surface area contributed by atoms with Crippen LogP contribution in [0.15, 0.2) is 4.99 Å². The number of ether oxygens (including phenoxy) is 1. The van der Waals surface area contributed by atoms with Crippen LogP contribution in [0.4, 0.5) is 0 Å². The van der Waals surface area contributed by atoms with E-state index >= 15 is 0 Å². The molecule has 2 unspecified atom stereocenters. The first-order valence-electron chi connectivity index (χ1n) is 4.68. The summed E-state index contributed by atoms with van der Waals surface area (Å²) in [5.41, 5.74) is 5.68. The Morgan fingerprint density at radius 2 is 2.13 bits per heavy atom. The number of hydrogen-bond acceptors (Lipinski definition) is 3. The SMILES string of the molecule is COCC(C)NC(N)=NCC(C)SC.I. The summed E-state index contributed by atoms with van der Waals surface area (Å²) in [6, 6.07) is 0.202. The van der Waals surface area contributed by atoms with Gasteiger partial charge >= 0.3 is 0 Å². The van der Waals surface area contributed by atoms with E-state index in [0.29, 0.717) is 17.8 Å². The first kappa shape index (κ1) is 17.7. The minimum Gasteiger partial charge on any atom is -0.383 e. The zero-order valence-corrected chi connectivity index (χ0v) is 13.0. The van der Waals surface area contributed by atoms with Gasteiger partial charge in [0.25, 0.3) is 0 Å². The molecule has 4 nitrogen and oxygen atoms in total. The molecule has 92 valence electrons. The standard InChI is InChI=1S/C9H21N3OS.HI/c1-7(6-13-3)12-9(10)11-5-8(2)14-4;/h7-8H,5-6H2,1-4H3,(H3,10,11,12);1H. The normalized spacial score (nSPS) is 15.3. The van der Waals surface area contributed by atoms with Crippen LogP contribution in [0.5, 0.6) is 0 Å². The second-order valence-electron chi connectivity index (χ2n) is 3.27. The van der Waals surface area contributed by atoms with Crippen molar-refractivity contribution in [2.45, 2.75) is 25.1 Å². The van der Waals surface area contributed by atoms with E-state index in [1.807, 2.05) is 6.92 Å². The molecule has 0 saturated carbocycles. The monoisotopic (exact) mass is 347 g/mol. The van der Waals surface area contributed by atoms with Gasteiger partial charge < -0.3 is 15.8 Å². The van der Waals surface area contributed by atoms with E-state index in [4.69, 9.17) is 10.5 Å². The topological polar surface area (TPSA) is 59.6 Å². The molecule has 0 aliphatic rings. The Morgan fingerprint density at radius 1 is 1.53 bits per heavy atom. The van der Waals surface area contributed by atoms with Crippen LogP contribution in [-0.4, -0.2) is 43.8 Å². The van der Waals surface area contributed by atoms with Crippen molar-refractivity contribution in [3.05, 3.63) is 0 Å². The van der Waals surface area contributed by atoms with Crippen molar-refractivity contribution >= 4 is 41.7 Å². The van der Waals surface area contributed by atoms with Gasteiger partial charge in [-0.15, -0.1) is 24.0 Å². The molecule has 0 aliphatic heterocycles. The Morgan fingerprint density at radius 3 is 2.60 bits per heavy atom. The molecular weight excluding hydrogens is 325 g/mol. The molecule has 15 heavy (non-hydrogen) atoms. The number of nitrogens with two attached hydrogens (primary N) is 1. The van der Waals surface area contributed by atoms with Gasteiger partial charge in [-0.1, -0.05) is 6.92 Å². The minimum atomic E-state index is 0. The maximum Gasteiger partial charge on any atom is 0.188 e. The third-order valence-electron chi connectivity index (χ3n) is 1.73. The maximum absolute atomic E-state index is 5.68. The quantitative estimate of drug-likeness (QED) is 0.432. The van der Waals surface area contributed by atoms with Crippen molar-refractivity contribution in [1.82, 2.24) is 5.32 Å². The summed E-state index contributed by atoms with van der Waals surface area (Å²) in [7, 11) is 1.67. The second-order valence-corrected chi connectivity index (χ2v) is 4.55. The number of aliphatic imine (C=N–C) groups is 1. The van der Waals surface area contributed by atoms with Gasteiger partial charge in [-0.05, 0) is 13.2 Å². The molecule has 0 aromatic rings. The highest BCUT2D eigenvalue weighted by molar-refractivity contribution is 14.0. The second kappa shape index (κ2) is 10.8. The van der Waals surface area contributed by atoms with Gasteiger partial charge in [0.1, 0.15) is 0 Å². The van der Waals surface area contributed by atoms with E-state index in [9.17, 15) is 0 Å². The van der Waals surface area contributed by atoms with E-state index in [2.05, 4.69) is 23.5 Å². The zero-order valence-electron chi connectivity index (χ0n) is 9.82. The van der Waals surface area contributed by atoms with Crippen LogP contribution in [0.2, 0.25) is 0 Å². The predicted octanol–water partition coefficient (Wildman–Crippen LogP) is 1.30. The van der Waals surface area contributed by atoms with Crippen LogP contribution in [0, 0.1) is 0 Å². The van der Waals surface area contributed by atoms with E-state index in [1.165, 1.54) is 0 Å². The van der Waals surface area contributed by atoms with Crippen LogP contribution in [0.3, 0.4) is 0 Å². The Balaban J connectivity index is 0. The Labute approximate surface area is 114 Å². The summed E-state index contributed by atoms with van der Waals surface area (Å²) < 4.78 is 4.97. The Kier molecular flexibility index (Phi) is 12.8. The lowest BCUT2D eigenvalue weighted by molar-refractivity contribution is 0.179. The molecule has 0 bridgehead atoms. The summed E-state index contributed by atoms with van der Waals surface area (Å²) in [4.78, 5) is 4.22. The van der Waals surface area contributed by atoms with Crippen LogP contribution in [0.25, 0.3) is 0 Å². The van der Waals surface area contributed by atoms with Gasteiger partial charge in [0, 0.05) is 18.4 Å². The van der Waals surface area contributed by atoms with Crippen molar-refractivity contribution in [2.75, 3.05) is 26.5 Å². The molecule has 0 aliphatic carbocycles. The summed E-state index contributed by atoms with van der Waals surface area (Å²) in [5.74, 6) is 0.496. The van der Waals surface area contributed by atoms with E-state index in [-0.39, 0.29) is 30.0 Å². The summed E-state index contributed by atoms with van der Waals surface area (Å²) >= 11 is 1.78. The molecule has 0 aromatic heterocycles. The number of rotatable bonds is 6. The van der Waals surface area contributed by atoms with Gasteiger partial charge in [-0.25, -0.2) is 0 Å². The first-order valence-corrected chi connectivity index (χ1v) is 5.97. The largest absolute Gasteiger partial charge is 0.383 e. The van der Waals surface area contributed by atoms with Gasteiger partial charge in [0.2, 0.25) is 0 Å². The minimum absolute atomic E-state index is 0. The van der Waals surface area contributed by atoms with Crippen molar-refractivity contribution in [3.8, 4) is 0 Å². The van der Waals surface area contributed by atoms with E-state index in [0.717, 1.165) is 6.54 Å². The van der Waals surface area contributed by atoms with Crippen molar-refractivity contribution in [3.63, 3.8) is 0 Å². The Bertz CT molecular complexity index is 181. The molecular formula is C9H22IN3OS. The van der Waals surface area contributed by atoms with Crippen molar-refractivity contribution < 1.29 is 4.74 Å². The van der Waals surface area contributed by atoms with Gasteiger partial charge in [0.15, 0.2) is 5.96 Å². The molecule has 0 saturated heterocycles. The average molecular weight is 347 g/mol. The molecule has 2 atom stereocenters. The number of halogens is 1. The molecule has 0 fully saturated rings. The van der Waals surface area contributed by atoms with Crippen LogP contribution in [0.1, 0.15) is 13.8 Å². The highest BCUT2D eigenvalue weighted by atomic mass is 127. The molecule has 0 rings (SSSR count). The number of guanidine groups is 1. The highest BCUT2D eigenvalue weighted by Gasteiger charge is 2.02. The van der Waals surface area contributed by atoms with Crippen molar-refractivity contribution in [1.29, 1.82) is 0 Å². The molecule has 0 amide bonds. The van der Waals surface area contributed by atoms with Crippen molar-refractivity contribution in [2.24, 2.45) is 10.7 Å². The predicted molar refractivity (Wildman–Crippen MR) is 79.4 cm³/mol. The van der Waals surface area contributed by atoms with Gasteiger partial charge in [-0.3, -0.25) is 4.99 Å². The lowest BCUT2D eigenvalue weighted by Crippen LogP contribution is -2.41.